The summed E-state index contributed by atoms with van der Waals surface area (Å²) in [5, 5.41) is 22.5. The molecule has 0 radical (unpaired) electrons. The summed E-state index contributed by atoms with van der Waals surface area (Å²) >= 11 is 0. The van der Waals surface area contributed by atoms with Crippen LogP contribution in [0.25, 0.3) is 0 Å². The van der Waals surface area contributed by atoms with Crippen molar-refractivity contribution in [2.45, 2.75) is 34.2 Å². The van der Waals surface area contributed by atoms with Crippen molar-refractivity contribution < 1.29 is 10.2 Å². The molecule has 0 atom stereocenters. The quantitative estimate of drug-likeness (QED) is 0.721. The third-order valence-corrected chi connectivity index (χ3v) is 2.05. The average molecular weight is 212 g/mol. The second-order valence-electron chi connectivity index (χ2n) is 4.92. The fourth-order valence-corrected chi connectivity index (χ4v) is 1.48. The van der Waals surface area contributed by atoms with Crippen molar-refractivity contribution in [1.29, 1.82) is 0 Å². The Bertz CT molecular complexity index is 337. The molecule has 0 bridgehead atoms. The minimum absolute atomic E-state index is 0.0114. The number of anilines is 1. The highest BCUT2D eigenvalue weighted by Gasteiger charge is 2.19. The van der Waals surface area contributed by atoms with E-state index in [-0.39, 0.29) is 17.2 Å². The lowest BCUT2D eigenvalue weighted by Crippen LogP contribution is -2.14. The zero-order valence-corrected chi connectivity index (χ0v) is 9.83. The standard InChI is InChI=1S/C11H20N2O2/c1-5-12-8-6-9(14)13(10(8)15)7-11(2,3)4/h6,12,14-15H,5,7H2,1-4H3. The summed E-state index contributed by atoms with van der Waals surface area (Å²) < 4.78 is 1.51. The molecule has 15 heavy (non-hydrogen) atoms. The van der Waals surface area contributed by atoms with Crippen molar-refractivity contribution in [2.24, 2.45) is 5.41 Å². The minimum Gasteiger partial charge on any atom is -0.494 e. The highest BCUT2D eigenvalue weighted by molar-refractivity contribution is 5.57. The first-order chi connectivity index (χ1) is 6.85. The molecule has 0 saturated carbocycles. The lowest BCUT2D eigenvalue weighted by molar-refractivity contribution is 0.286. The predicted octanol–water partition coefficient (Wildman–Crippen LogP) is 2.38. The molecule has 0 unspecified atom stereocenters. The van der Waals surface area contributed by atoms with Gasteiger partial charge in [-0.15, -0.1) is 0 Å². The van der Waals surface area contributed by atoms with Gasteiger partial charge in [-0.25, -0.2) is 0 Å². The first kappa shape index (κ1) is 11.8. The Labute approximate surface area is 90.5 Å². The summed E-state index contributed by atoms with van der Waals surface area (Å²) in [5.41, 5.74) is 0.594. The monoisotopic (exact) mass is 212 g/mol. The van der Waals surface area contributed by atoms with E-state index in [0.717, 1.165) is 0 Å². The Morgan fingerprint density at radius 1 is 1.33 bits per heavy atom. The maximum Gasteiger partial charge on any atom is 0.218 e. The Kier molecular flexibility index (Phi) is 3.17. The largest absolute Gasteiger partial charge is 0.494 e. The van der Waals surface area contributed by atoms with Crippen molar-refractivity contribution in [3.63, 3.8) is 0 Å². The van der Waals surface area contributed by atoms with Crippen molar-refractivity contribution in [2.75, 3.05) is 11.9 Å². The Balaban J connectivity index is 2.98. The Morgan fingerprint density at radius 2 is 1.93 bits per heavy atom. The van der Waals surface area contributed by atoms with Gasteiger partial charge in [-0.1, -0.05) is 20.8 Å². The van der Waals surface area contributed by atoms with E-state index in [1.807, 2.05) is 6.92 Å². The van der Waals surface area contributed by atoms with E-state index in [2.05, 4.69) is 26.1 Å². The number of nitrogens with zero attached hydrogens (tertiary/aromatic N) is 1. The molecule has 3 N–H and O–H groups in total. The summed E-state index contributed by atoms with van der Waals surface area (Å²) in [6.45, 7) is 9.40. The normalized spacial score (nSPS) is 11.7. The fourth-order valence-electron chi connectivity index (χ4n) is 1.48. The van der Waals surface area contributed by atoms with Gasteiger partial charge in [0.15, 0.2) is 5.88 Å². The molecule has 0 aliphatic heterocycles. The van der Waals surface area contributed by atoms with Crippen LogP contribution in [-0.2, 0) is 6.54 Å². The van der Waals surface area contributed by atoms with Crippen molar-refractivity contribution in [3.05, 3.63) is 6.07 Å². The summed E-state index contributed by atoms with van der Waals surface area (Å²) in [6, 6.07) is 1.55. The zero-order valence-electron chi connectivity index (χ0n) is 9.83. The Hall–Kier alpha value is -1.32. The van der Waals surface area contributed by atoms with Gasteiger partial charge in [0.2, 0.25) is 5.88 Å². The van der Waals surface area contributed by atoms with E-state index < -0.39 is 0 Å². The highest BCUT2D eigenvalue weighted by Crippen LogP contribution is 2.34. The minimum atomic E-state index is 0.0114. The molecular weight excluding hydrogens is 192 g/mol. The van der Waals surface area contributed by atoms with Crippen molar-refractivity contribution >= 4 is 5.69 Å². The van der Waals surface area contributed by atoms with Gasteiger partial charge in [0.25, 0.3) is 0 Å². The molecule has 0 amide bonds. The summed E-state index contributed by atoms with van der Waals surface area (Å²) in [5.74, 6) is 0.197. The number of hydrogen-bond acceptors (Lipinski definition) is 3. The molecule has 0 aliphatic rings. The van der Waals surface area contributed by atoms with Gasteiger partial charge in [0.1, 0.15) is 5.69 Å². The number of rotatable bonds is 3. The molecule has 86 valence electrons. The van der Waals surface area contributed by atoms with E-state index in [0.29, 0.717) is 18.8 Å². The summed E-state index contributed by atoms with van der Waals surface area (Å²) in [7, 11) is 0. The van der Waals surface area contributed by atoms with Gasteiger partial charge in [-0.2, -0.15) is 0 Å². The third-order valence-electron chi connectivity index (χ3n) is 2.05. The molecule has 0 saturated heterocycles. The number of aromatic hydroxyl groups is 2. The lowest BCUT2D eigenvalue weighted by atomic mass is 9.97. The van der Waals surface area contributed by atoms with Gasteiger partial charge >= 0.3 is 0 Å². The van der Waals surface area contributed by atoms with Crippen LogP contribution >= 0.6 is 0 Å². The lowest BCUT2D eigenvalue weighted by Gasteiger charge is -2.20. The van der Waals surface area contributed by atoms with E-state index >= 15 is 0 Å². The zero-order chi connectivity index (χ0) is 11.6. The van der Waals surface area contributed by atoms with Crippen LogP contribution < -0.4 is 5.32 Å². The molecule has 0 spiro atoms. The van der Waals surface area contributed by atoms with E-state index in [9.17, 15) is 10.2 Å². The molecule has 0 fully saturated rings. The first-order valence-corrected chi connectivity index (χ1v) is 5.20. The third kappa shape index (κ3) is 2.81. The predicted molar refractivity (Wildman–Crippen MR) is 61.4 cm³/mol. The van der Waals surface area contributed by atoms with Crippen LogP contribution in [0.4, 0.5) is 5.69 Å². The maximum atomic E-state index is 9.84. The molecule has 1 heterocycles. The summed E-state index contributed by atoms with van der Waals surface area (Å²) in [4.78, 5) is 0. The smallest absolute Gasteiger partial charge is 0.218 e. The van der Waals surface area contributed by atoms with Gasteiger partial charge < -0.3 is 15.5 Å². The van der Waals surface area contributed by atoms with Crippen LogP contribution in [0.1, 0.15) is 27.7 Å². The van der Waals surface area contributed by atoms with Gasteiger partial charge in [-0.05, 0) is 12.3 Å². The maximum absolute atomic E-state index is 9.84. The van der Waals surface area contributed by atoms with Crippen LogP contribution in [0.5, 0.6) is 11.8 Å². The van der Waals surface area contributed by atoms with E-state index in [4.69, 9.17) is 0 Å². The first-order valence-electron chi connectivity index (χ1n) is 5.20. The average Bonchev–Trinajstić information content (AvgIpc) is 2.32. The molecule has 1 aromatic rings. The molecule has 1 aromatic heterocycles. The summed E-state index contributed by atoms with van der Waals surface area (Å²) in [6.07, 6.45) is 0. The van der Waals surface area contributed by atoms with Crippen molar-refractivity contribution in [1.82, 2.24) is 4.57 Å². The van der Waals surface area contributed by atoms with E-state index in [1.165, 1.54) is 4.57 Å². The highest BCUT2D eigenvalue weighted by atomic mass is 16.3. The molecule has 4 heteroatoms. The number of hydrogen-bond donors (Lipinski definition) is 3. The van der Waals surface area contributed by atoms with Crippen LogP contribution in [0, 0.1) is 5.41 Å². The number of nitrogens with one attached hydrogen (secondary N) is 1. The molecule has 1 rings (SSSR count). The van der Waals surface area contributed by atoms with Gasteiger partial charge in [-0.3, -0.25) is 4.57 Å². The second kappa shape index (κ2) is 4.04. The van der Waals surface area contributed by atoms with Crippen LogP contribution in [0.3, 0.4) is 0 Å². The molecule has 4 nitrogen and oxygen atoms in total. The topological polar surface area (TPSA) is 57.4 Å². The second-order valence-corrected chi connectivity index (χ2v) is 4.92. The Morgan fingerprint density at radius 3 is 2.40 bits per heavy atom. The SMILES string of the molecule is CCNc1cc(O)n(CC(C)(C)C)c1O. The van der Waals surface area contributed by atoms with Crippen LogP contribution in [0.2, 0.25) is 0 Å². The van der Waals surface area contributed by atoms with Gasteiger partial charge in [0, 0.05) is 19.2 Å². The fraction of sp³-hybridized carbons (Fsp3) is 0.636. The van der Waals surface area contributed by atoms with Gasteiger partial charge in [0.05, 0.1) is 0 Å². The van der Waals surface area contributed by atoms with Crippen molar-refractivity contribution in [3.8, 4) is 11.8 Å². The molecule has 0 aromatic carbocycles. The van der Waals surface area contributed by atoms with Crippen LogP contribution in [-0.4, -0.2) is 21.3 Å². The molecular formula is C11H20N2O2. The van der Waals surface area contributed by atoms with E-state index in [1.54, 1.807) is 6.07 Å². The molecule has 0 aliphatic carbocycles. The number of aromatic nitrogens is 1. The van der Waals surface area contributed by atoms with Crippen LogP contribution in [0.15, 0.2) is 6.07 Å².